The first-order chi connectivity index (χ1) is 9.54. The highest BCUT2D eigenvalue weighted by Crippen LogP contribution is 2.14. The normalized spacial score (nSPS) is 12.7. The number of nitrogens with zero attached hydrogens (tertiary/aromatic N) is 1. The van der Waals surface area contributed by atoms with Crippen LogP contribution in [0.5, 0.6) is 0 Å². The van der Waals surface area contributed by atoms with Crippen LogP contribution >= 0.6 is 11.3 Å². The number of rotatable bonds is 8. The topological polar surface area (TPSA) is 64.6 Å². The number of nitrogens with one attached hydrogen (secondary N) is 2. The Labute approximate surface area is 125 Å². The molecule has 0 aliphatic rings. The number of hydrogen-bond donors (Lipinski definition) is 3. The van der Waals surface area contributed by atoms with E-state index in [-0.39, 0.29) is 12.6 Å². The predicted octanol–water partition coefficient (Wildman–Crippen LogP) is 1.81. The van der Waals surface area contributed by atoms with Crippen molar-refractivity contribution in [3.8, 4) is 0 Å². The molecule has 1 aromatic rings. The maximum absolute atomic E-state index is 11.6. The van der Waals surface area contributed by atoms with Crippen LogP contribution in [-0.2, 0) is 0 Å². The SMILES string of the molecule is CCN(CCNC(=O)NCC(O)c1ccsc1)C(C)C. The number of thiophene rings is 1. The number of likely N-dealkylation sites (N-methyl/N-ethyl adjacent to an activating group) is 1. The Morgan fingerprint density at radius 3 is 2.75 bits per heavy atom. The smallest absolute Gasteiger partial charge is 0.314 e. The van der Waals surface area contributed by atoms with Crippen molar-refractivity contribution < 1.29 is 9.90 Å². The fourth-order valence-corrected chi connectivity index (χ4v) is 2.64. The molecule has 2 amide bonds. The summed E-state index contributed by atoms with van der Waals surface area (Å²) in [5.41, 5.74) is 0.840. The molecule has 1 rings (SSSR count). The lowest BCUT2D eigenvalue weighted by Gasteiger charge is -2.24. The highest BCUT2D eigenvalue weighted by molar-refractivity contribution is 7.07. The third-order valence-corrected chi connectivity index (χ3v) is 3.91. The first kappa shape index (κ1) is 16.9. The summed E-state index contributed by atoms with van der Waals surface area (Å²) in [4.78, 5) is 13.9. The summed E-state index contributed by atoms with van der Waals surface area (Å²) in [7, 11) is 0. The molecule has 5 nitrogen and oxygen atoms in total. The van der Waals surface area contributed by atoms with E-state index in [1.54, 1.807) is 0 Å². The minimum atomic E-state index is -0.644. The van der Waals surface area contributed by atoms with Gasteiger partial charge in [0.25, 0.3) is 0 Å². The van der Waals surface area contributed by atoms with Gasteiger partial charge >= 0.3 is 6.03 Å². The maximum Gasteiger partial charge on any atom is 0.314 e. The van der Waals surface area contributed by atoms with Crippen molar-refractivity contribution in [2.24, 2.45) is 0 Å². The number of carbonyl (C=O) groups is 1. The zero-order valence-electron chi connectivity index (χ0n) is 12.4. The molecule has 0 aliphatic heterocycles. The Morgan fingerprint density at radius 2 is 2.20 bits per heavy atom. The summed E-state index contributed by atoms with van der Waals surface area (Å²) in [5.74, 6) is 0. The second kappa shape index (κ2) is 8.94. The molecule has 3 N–H and O–H groups in total. The molecule has 0 aliphatic carbocycles. The van der Waals surface area contributed by atoms with Gasteiger partial charge in [-0.2, -0.15) is 11.3 Å². The Balaban J connectivity index is 2.17. The highest BCUT2D eigenvalue weighted by atomic mass is 32.1. The molecular weight excluding hydrogens is 274 g/mol. The molecule has 6 heteroatoms. The van der Waals surface area contributed by atoms with Gasteiger partial charge in [0.15, 0.2) is 0 Å². The summed E-state index contributed by atoms with van der Waals surface area (Å²) < 4.78 is 0. The van der Waals surface area contributed by atoms with Crippen molar-refractivity contribution in [3.63, 3.8) is 0 Å². The number of urea groups is 1. The van der Waals surface area contributed by atoms with E-state index in [0.717, 1.165) is 18.7 Å². The van der Waals surface area contributed by atoms with Crippen molar-refractivity contribution in [2.75, 3.05) is 26.2 Å². The summed E-state index contributed by atoms with van der Waals surface area (Å²) in [6.45, 7) is 9.02. The number of carbonyl (C=O) groups excluding carboxylic acids is 1. The molecule has 0 radical (unpaired) electrons. The Bertz CT molecular complexity index is 382. The third-order valence-electron chi connectivity index (χ3n) is 3.20. The average Bonchev–Trinajstić information content (AvgIpc) is 2.94. The molecule has 114 valence electrons. The van der Waals surface area contributed by atoms with Crippen LogP contribution < -0.4 is 10.6 Å². The number of hydrogen-bond acceptors (Lipinski definition) is 4. The summed E-state index contributed by atoms with van der Waals surface area (Å²) in [6, 6.07) is 2.10. The van der Waals surface area contributed by atoms with Gasteiger partial charge in [-0.1, -0.05) is 6.92 Å². The van der Waals surface area contributed by atoms with Crippen molar-refractivity contribution in [3.05, 3.63) is 22.4 Å². The molecule has 0 fully saturated rings. The number of amides is 2. The van der Waals surface area contributed by atoms with Crippen LogP contribution in [0.4, 0.5) is 4.79 Å². The first-order valence-electron chi connectivity index (χ1n) is 7.00. The zero-order chi connectivity index (χ0) is 15.0. The van der Waals surface area contributed by atoms with Gasteiger partial charge in [0, 0.05) is 25.7 Å². The molecule has 1 heterocycles. The van der Waals surface area contributed by atoms with E-state index in [1.165, 1.54) is 11.3 Å². The lowest BCUT2D eigenvalue weighted by Crippen LogP contribution is -2.43. The molecule has 1 atom stereocenters. The first-order valence-corrected chi connectivity index (χ1v) is 7.94. The standard InChI is InChI=1S/C14H25N3O2S/c1-4-17(11(2)3)7-6-15-14(19)16-9-13(18)12-5-8-20-10-12/h5,8,10-11,13,18H,4,6-7,9H2,1-3H3,(H2,15,16,19). The van der Waals surface area contributed by atoms with Crippen LogP contribution in [0.3, 0.4) is 0 Å². The van der Waals surface area contributed by atoms with Gasteiger partial charge in [-0.05, 0) is 42.8 Å². The van der Waals surface area contributed by atoms with E-state index in [9.17, 15) is 9.90 Å². The monoisotopic (exact) mass is 299 g/mol. The lowest BCUT2D eigenvalue weighted by molar-refractivity contribution is 0.173. The van der Waals surface area contributed by atoms with Crippen LogP contribution in [-0.4, -0.2) is 48.3 Å². The molecule has 0 saturated heterocycles. The van der Waals surface area contributed by atoms with Gasteiger partial charge in [0.05, 0.1) is 6.10 Å². The molecule has 0 aromatic carbocycles. The van der Waals surface area contributed by atoms with Gasteiger partial charge in [0.1, 0.15) is 0 Å². The van der Waals surface area contributed by atoms with Crippen molar-refractivity contribution in [1.29, 1.82) is 0 Å². The van der Waals surface area contributed by atoms with Gasteiger partial charge in [0.2, 0.25) is 0 Å². The van der Waals surface area contributed by atoms with Gasteiger partial charge in [-0.25, -0.2) is 4.79 Å². The lowest BCUT2D eigenvalue weighted by atomic mass is 10.2. The Kier molecular flexibility index (Phi) is 7.58. The molecule has 0 spiro atoms. The van der Waals surface area contributed by atoms with Crippen LogP contribution in [0.1, 0.15) is 32.4 Å². The third kappa shape index (κ3) is 5.90. The van der Waals surface area contributed by atoms with Gasteiger partial charge in [-0.15, -0.1) is 0 Å². The number of aliphatic hydroxyl groups excluding tert-OH is 1. The minimum absolute atomic E-state index is 0.226. The second-order valence-corrected chi connectivity index (χ2v) is 5.71. The summed E-state index contributed by atoms with van der Waals surface area (Å²) in [5, 5.41) is 19.1. The van der Waals surface area contributed by atoms with Crippen molar-refractivity contribution >= 4 is 17.4 Å². The Morgan fingerprint density at radius 1 is 1.45 bits per heavy atom. The average molecular weight is 299 g/mol. The highest BCUT2D eigenvalue weighted by Gasteiger charge is 2.10. The Hall–Kier alpha value is -1.11. The number of aliphatic hydroxyl groups is 1. The van der Waals surface area contributed by atoms with Crippen LogP contribution in [0.15, 0.2) is 16.8 Å². The van der Waals surface area contributed by atoms with Crippen LogP contribution in [0, 0.1) is 0 Å². The van der Waals surface area contributed by atoms with E-state index in [1.807, 2.05) is 16.8 Å². The van der Waals surface area contributed by atoms with E-state index >= 15 is 0 Å². The fourth-order valence-electron chi connectivity index (χ4n) is 1.93. The zero-order valence-corrected chi connectivity index (χ0v) is 13.2. The van der Waals surface area contributed by atoms with Gasteiger partial charge < -0.3 is 15.7 Å². The van der Waals surface area contributed by atoms with Crippen molar-refractivity contribution in [1.82, 2.24) is 15.5 Å². The van der Waals surface area contributed by atoms with Crippen LogP contribution in [0.2, 0.25) is 0 Å². The molecular formula is C14H25N3O2S. The second-order valence-electron chi connectivity index (χ2n) is 4.93. The molecule has 1 unspecified atom stereocenters. The fraction of sp³-hybridized carbons (Fsp3) is 0.643. The van der Waals surface area contributed by atoms with E-state index < -0.39 is 6.10 Å². The summed E-state index contributed by atoms with van der Waals surface area (Å²) in [6.07, 6.45) is -0.644. The van der Waals surface area contributed by atoms with E-state index in [0.29, 0.717) is 12.6 Å². The summed E-state index contributed by atoms with van der Waals surface area (Å²) >= 11 is 1.53. The minimum Gasteiger partial charge on any atom is -0.387 e. The van der Waals surface area contributed by atoms with E-state index in [2.05, 4.69) is 36.3 Å². The van der Waals surface area contributed by atoms with Gasteiger partial charge in [-0.3, -0.25) is 4.90 Å². The largest absolute Gasteiger partial charge is 0.387 e. The molecule has 0 saturated carbocycles. The molecule has 20 heavy (non-hydrogen) atoms. The molecule has 1 aromatic heterocycles. The predicted molar refractivity (Wildman–Crippen MR) is 83.1 cm³/mol. The molecule has 0 bridgehead atoms. The van der Waals surface area contributed by atoms with Crippen molar-refractivity contribution in [2.45, 2.75) is 32.9 Å². The maximum atomic E-state index is 11.6. The van der Waals surface area contributed by atoms with E-state index in [4.69, 9.17) is 0 Å². The van der Waals surface area contributed by atoms with Crippen LogP contribution in [0.25, 0.3) is 0 Å². The quantitative estimate of drug-likeness (QED) is 0.686.